The van der Waals surface area contributed by atoms with Gasteiger partial charge in [-0.15, -0.1) is 0 Å². The lowest BCUT2D eigenvalue weighted by Crippen LogP contribution is -2.42. The van der Waals surface area contributed by atoms with Gasteiger partial charge in [0.05, 0.1) is 6.04 Å². The summed E-state index contributed by atoms with van der Waals surface area (Å²) >= 11 is 0. The predicted molar refractivity (Wildman–Crippen MR) is 85.5 cm³/mol. The van der Waals surface area contributed by atoms with Gasteiger partial charge in [0, 0.05) is 12.6 Å². The number of nitrogens with zero attached hydrogens (tertiary/aromatic N) is 1. The number of piperidine rings is 1. The number of carbonyl (C=O) groups excluding carboxylic acids is 1. The van der Waals surface area contributed by atoms with E-state index in [0.717, 1.165) is 5.56 Å². The molecule has 0 aliphatic carbocycles. The van der Waals surface area contributed by atoms with Gasteiger partial charge in [-0.05, 0) is 39.2 Å². The molecule has 1 aliphatic heterocycles. The number of halogens is 3. The summed E-state index contributed by atoms with van der Waals surface area (Å²) in [6.45, 7) is 5.50. The van der Waals surface area contributed by atoms with Gasteiger partial charge >= 0.3 is 12.3 Å². The summed E-state index contributed by atoms with van der Waals surface area (Å²) in [5.74, 6) is 0. The van der Waals surface area contributed by atoms with Crippen LogP contribution in [0.15, 0.2) is 42.0 Å². The molecule has 1 amide bonds. The maximum atomic E-state index is 12.7. The smallest absolute Gasteiger partial charge is 0.410 e. The normalized spacial score (nSPS) is 21.0. The monoisotopic (exact) mass is 341 g/mol. The van der Waals surface area contributed by atoms with Crippen molar-refractivity contribution >= 4 is 6.09 Å². The quantitative estimate of drug-likeness (QED) is 0.653. The van der Waals surface area contributed by atoms with E-state index in [9.17, 15) is 18.0 Å². The number of allylic oxidation sites excluding steroid dienone is 1. The Morgan fingerprint density at radius 3 is 2.38 bits per heavy atom. The molecule has 0 radical (unpaired) electrons. The first-order valence-electron chi connectivity index (χ1n) is 7.87. The van der Waals surface area contributed by atoms with Crippen LogP contribution in [0.3, 0.4) is 0 Å². The Hall–Kier alpha value is -1.98. The molecule has 1 fully saturated rings. The van der Waals surface area contributed by atoms with Gasteiger partial charge in [-0.2, -0.15) is 13.2 Å². The van der Waals surface area contributed by atoms with Gasteiger partial charge in [0.15, 0.2) is 0 Å². The molecule has 132 valence electrons. The average molecular weight is 341 g/mol. The molecule has 0 aromatic heterocycles. The average Bonchev–Trinajstić information content (AvgIpc) is 2.44. The third-order valence-corrected chi connectivity index (χ3v) is 3.69. The number of ether oxygens (including phenoxy) is 1. The predicted octanol–water partition coefficient (Wildman–Crippen LogP) is 5.25. The van der Waals surface area contributed by atoms with Crippen molar-refractivity contribution in [3.63, 3.8) is 0 Å². The van der Waals surface area contributed by atoms with Gasteiger partial charge in [0.1, 0.15) is 5.60 Å². The number of amides is 1. The maximum Gasteiger partial charge on any atom is 0.410 e. The summed E-state index contributed by atoms with van der Waals surface area (Å²) in [4.78, 5) is 14.0. The minimum atomic E-state index is -4.34. The number of carbonyl (C=O) groups is 1. The molecule has 0 N–H and O–H groups in total. The molecule has 1 atom stereocenters. The number of hydrogen-bond acceptors (Lipinski definition) is 2. The van der Waals surface area contributed by atoms with Gasteiger partial charge < -0.3 is 9.64 Å². The molecule has 0 saturated carbocycles. The molecule has 1 unspecified atom stereocenters. The lowest BCUT2D eigenvalue weighted by molar-refractivity contribution is -0.0810. The SMILES string of the molecule is CC(C)(C)OC(=O)N1CCC(=CC(F)(F)F)CC1c1ccccc1. The Bertz CT molecular complexity index is 603. The standard InChI is InChI=1S/C18H22F3NO2/c1-17(2,3)24-16(23)22-10-9-13(12-18(19,20)21)11-15(22)14-7-5-4-6-8-14/h4-8,12,15H,9-11H2,1-3H3. The van der Waals surface area contributed by atoms with Crippen molar-refractivity contribution in [3.8, 4) is 0 Å². The zero-order chi connectivity index (χ0) is 18.0. The summed E-state index contributed by atoms with van der Waals surface area (Å²) in [5, 5.41) is 0. The van der Waals surface area contributed by atoms with Gasteiger partial charge in [0.2, 0.25) is 0 Å². The van der Waals surface area contributed by atoms with E-state index in [1.165, 1.54) is 4.90 Å². The molecule has 1 heterocycles. The Morgan fingerprint density at radius 1 is 1.21 bits per heavy atom. The van der Waals surface area contributed by atoms with Crippen molar-refractivity contribution in [2.75, 3.05) is 6.54 Å². The summed E-state index contributed by atoms with van der Waals surface area (Å²) in [5.41, 5.74) is 0.452. The second-order valence-electron chi connectivity index (χ2n) is 6.90. The van der Waals surface area contributed by atoms with E-state index in [1.807, 2.05) is 30.3 Å². The first kappa shape index (κ1) is 18.4. The second kappa shape index (κ2) is 6.87. The van der Waals surface area contributed by atoms with E-state index in [2.05, 4.69) is 0 Å². The fourth-order valence-electron chi connectivity index (χ4n) is 2.76. The van der Waals surface area contributed by atoms with E-state index < -0.39 is 23.9 Å². The highest BCUT2D eigenvalue weighted by Gasteiger charge is 2.35. The van der Waals surface area contributed by atoms with Crippen LogP contribution in [0, 0.1) is 0 Å². The number of rotatable bonds is 1. The van der Waals surface area contributed by atoms with E-state index >= 15 is 0 Å². The number of likely N-dealkylation sites (tertiary alicyclic amines) is 1. The molecule has 6 heteroatoms. The molecule has 1 saturated heterocycles. The van der Waals surface area contributed by atoms with Crippen LogP contribution >= 0.6 is 0 Å². The van der Waals surface area contributed by atoms with E-state index in [0.29, 0.717) is 11.6 Å². The molecule has 0 spiro atoms. The molecular formula is C18H22F3NO2. The van der Waals surface area contributed by atoms with Crippen molar-refractivity contribution in [1.82, 2.24) is 4.90 Å². The lowest BCUT2D eigenvalue weighted by atomic mass is 9.91. The second-order valence-corrected chi connectivity index (χ2v) is 6.90. The molecule has 24 heavy (non-hydrogen) atoms. The number of alkyl halides is 3. The molecule has 0 bridgehead atoms. The van der Waals surface area contributed by atoms with E-state index in [1.54, 1.807) is 20.8 Å². The summed E-state index contributed by atoms with van der Waals surface area (Å²) in [6.07, 6.45) is -4.13. The molecular weight excluding hydrogens is 319 g/mol. The van der Waals surface area contributed by atoms with Crippen molar-refractivity contribution in [1.29, 1.82) is 0 Å². The van der Waals surface area contributed by atoms with Crippen LogP contribution in [0.25, 0.3) is 0 Å². The largest absolute Gasteiger partial charge is 0.444 e. The maximum absolute atomic E-state index is 12.7. The van der Waals surface area contributed by atoms with Crippen LogP contribution in [0.5, 0.6) is 0 Å². The highest BCUT2D eigenvalue weighted by molar-refractivity contribution is 5.69. The van der Waals surface area contributed by atoms with Gasteiger partial charge in [-0.1, -0.05) is 35.9 Å². The summed E-state index contributed by atoms with van der Waals surface area (Å²) in [6, 6.07) is 8.63. The molecule has 1 aromatic carbocycles. The van der Waals surface area contributed by atoms with Gasteiger partial charge in [0.25, 0.3) is 0 Å². The third kappa shape index (κ3) is 5.28. The van der Waals surface area contributed by atoms with Crippen LogP contribution < -0.4 is 0 Å². The highest BCUT2D eigenvalue weighted by Crippen LogP contribution is 2.36. The fourth-order valence-corrected chi connectivity index (χ4v) is 2.76. The zero-order valence-electron chi connectivity index (χ0n) is 14.1. The van der Waals surface area contributed by atoms with Crippen molar-refractivity contribution in [2.45, 2.75) is 51.4 Å². The first-order chi connectivity index (χ1) is 11.1. The summed E-state index contributed by atoms with van der Waals surface area (Å²) < 4.78 is 43.4. The lowest BCUT2D eigenvalue weighted by Gasteiger charge is -2.38. The number of hydrogen-bond donors (Lipinski definition) is 0. The van der Waals surface area contributed by atoms with E-state index in [4.69, 9.17) is 4.74 Å². The minimum Gasteiger partial charge on any atom is -0.444 e. The summed E-state index contributed by atoms with van der Waals surface area (Å²) in [7, 11) is 0. The highest BCUT2D eigenvalue weighted by atomic mass is 19.4. The Labute approximate surface area is 140 Å². The topological polar surface area (TPSA) is 29.5 Å². The van der Waals surface area contributed by atoms with Gasteiger partial charge in [-0.3, -0.25) is 0 Å². The van der Waals surface area contributed by atoms with Crippen molar-refractivity contribution in [2.24, 2.45) is 0 Å². The third-order valence-electron chi connectivity index (χ3n) is 3.69. The molecule has 1 aliphatic rings. The van der Waals surface area contributed by atoms with Crippen molar-refractivity contribution < 1.29 is 22.7 Å². The van der Waals surface area contributed by atoms with Crippen LogP contribution in [-0.4, -0.2) is 29.3 Å². The zero-order valence-corrected chi connectivity index (χ0v) is 14.1. The van der Waals surface area contributed by atoms with E-state index in [-0.39, 0.29) is 19.4 Å². The van der Waals surface area contributed by atoms with Crippen molar-refractivity contribution in [3.05, 3.63) is 47.5 Å². The Kier molecular flexibility index (Phi) is 5.26. The Balaban J connectivity index is 2.27. The molecule has 1 aromatic rings. The number of benzene rings is 1. The molecule has 3 nitrogen and oxygen atoms in total. The van der Waals surface area contributed by atoms with Crippen LogP contribution in [0.2, 0.25) is 0 Å². The van der Waals surface area contributed by atoms with Crippen LogP contribution in [0.1, 0.15) is 45.2 Å². The first-order valence-corrected chi connectivity index (χ1v) is 7.87. The Morgan fingerprint density at radius 2 is 1.83 bits per heavy atom. The molecule has 2 rings (SSSR count). The van der Waals surface area contributed by atoms with Crippen LogP contribution in [-0.2, 0) is 4.74 Å². The van der Waals surface area contributed by atoms with Gasteiger partial charge in [-0.25, -0.2) is 4.79 Å². The fraction of sp³-hybridized carbons (Fsp3) is 0.500. The minimum absolute atomic E-state index is 0.156. The van der Waals surface area contributed by atoms with Crippen LogP contribution in [0.4, 0.5) is 18.0 Å².